The van der Waals surface area contributed by atoms with Crippen LogP contribution in [0.1, 0.15) is 33.6 Å². The molecule has 6 heteroatoms. The van der Waals surface area contributed by atoms with Crippen molar-refractivity contribution >= 4 is 28.2 Å². The molecule has 0 aromatic carbocycles. The van der Waals surface area contributed by atoms with Crippen molar-refractivity contribution in [1.82, 2.24) is 5.32 Å². The van der Waals surface area contributed by atoms with Gasteiger partial charge in [0.25, 0.3) is 5.91 Å². The zero-order chi connectivity index (χ0) is 12.7. The lowest BCUT2D eigenvalue weighted by Crippen LogP contribution is -2.25. The summed E-state index contributed by atoms with van der Waals surface area (Å²) in [6, 6.07) is 0. The van der Waals surface area contributed by atoms with Crippen LogP contribution in [0.2, 0.25) is 0 Å². The molecule has 0 radical (unpaired) electrons. The van der Waals surface area contributed by atoms with Gasteiger partial charge in [0.1, 0.15) is 5.00 Å². The first kappa shape index (κ1) is 11.7. The van der Waals surface area contributed by atoms with Gasteiger partial charge in [-0.1, -0.05) is 0 Å². The fraction of sp³-hybridized carbons (Fsp3) is 0.500. The lowest BCUT2D eigenvalue weighted by molar-refractivity contribution is -0.117. The van der Waals surface area contributed by atoms with Crippen LogP contribution in [0, 0.1) is 5.92 Å². The van der Waals surface area contributed by atoms with E-state index in [0.29, 0.717) is 10.6 Å². The normalized spacial score (nSPS) is 18.2. The zero-order valence-electron chi connectivity index (χ0n) is 9.91. The molecular formula is C12H15N3O2S. The maximum Gasteiger partial charge on any atom is 0.251 e. The van der Waals surface area contributed by atoms with E-state index in [1.165, 1.54) is 11.3 Å². The Bertz CT molecular complexity index is 520. The third-order valence-electron chi connectivity index (χ3n) is 3.36. The number of nitrogens with one attached hydrogen (secondary N) is 2. The van der Waals surface area contributed by atoms with Crippen LogP contribution in [0.5, 0.6) is 0 Å². The number of anilines is 1. The number of hydrogen-bond acceptors (Lipinski definition) is 4. The van der Waals surface area contributed by atoms with Gasteiger partial charge < -0.3 is 16.4 Å². The van der Waals surface area contributed by atoms with Crippen molar-refractivity contribution in [2.24, 2.45) is 11.7 Å². The Morgan fingerprint density at radius 2 is 2.17 bits per heavy atom. The summed E-state index contributed by atoms with van der Waals surface area (Å²) in [5.74, 6) is -0.299. The summed E-state index contributed by atoms with van der Waals surface area (Å²) >= 11 is 1.47. The van der Waals surface area contributed by atoms with Gasteiger partial charge in [-0.25, -0.2) is 0 Å². The molecule has 1 aromatic rings. The van der Waals surface area contributed by atoms with Gasteiger partial charge in [0.2, 0.25) is 5.91 Å². The molecule has 4 N–H and O–H groups in total. The molecule has 0 spiro atoms. The lowest BCUT2D eigenvalue weighted by atomic mass is 10.0. The highest BCUT2D eigenvalue weighted by Crippen LogP contribution is 2.37. The van der Waals surface area contributed by atoms with Crippen molar-refractivity contribution in [3.05, 3.63) is 16.0 Å². The molecule has 2 heterocycles. The second-order valence-corrected chi connectivity index (χ2v) is 5.87. The van der Waals surface area contributed by atoms with Crippen LogP contribution in [0.25, 0.3) is 0 Å². The number of nitrogens with two attached hydrogens (primary N) is 1. The van der Waals surface area contributed by atoms with E-state index in [1.54, 1.807) is 0 Å². The Balaban J connectivity index is 1.94. The molecule has 0 saturated heterocycles. The monoisotopic (exact) mass is 265 g/mol. The molecule has 0 bridgehead atoms. The summed E-state index contributed by atoms with van der Waals surface area (Å²) in [5, 5.41) is 6.75. The predicted octanol–water partition coefficient (Wildman–Crippen LogP) is 0.841. The summed E-state index contributed by atoms with van der Waals surface area (Å²) in [6.07, 6.45) is 2.69. The van der Waals surface area contributed by atoms with E-state index in [4.69, 9.17) is 5.73 Å². The molecule has 3 rings (SSSR count). The molecule has 0 unspecified atom stereocenters. The molecule has 2 amide bonds. The van der Waals surface area contributed by atoms with Crippen LogP contribution in [-0.2, 0) is 17.8 Å². The SMILES string of the molecule is NC(=O)c1c(NC(=O)C2CC2)sc2c1CCNC2. The lowest BCUT2D eigenvalue weighted by Gasteiger charge is -2.12. The number of amides is 2. The third kappa shape index (κ3) is 2.02. The number of thiophene rings is 1. The van der Waals surface area contributed by atoms with Gasteiger partial charge in [-0.2, -0.15) is 0 Å². The van der Waals surface area contributed by atoms with Crippen LogP contribution in [0.15, 0.2) is 0 Å². The molecule has 1 saturated carbocycles. The van der Waals surface area contributed by atoms with E-state index in [1.807, 2.05) is 0 Å². The highest BCUT2D eigenvalue weighted by molar-refractivity contribution is 7.17. The van der Waals surface area contributed by atoms with E-state index >= 15 is 0 Å². The van der Waals surface area contributed by atoms with Crippen LogP contribution in [-0.4, -0.2) is 18.4 Å². The highest BCUT2D eigenvalue weighted by atomic mass is 32.1. The Kier molecular flexibility index (Phi) is 2.83. The van der Waals surface area contributed by atoms with Crippen molar-refractivity contribution < 1.29 is 9.59 Å². The largest absolute Gasteiger partial charge is 0.365 e. The minimum absolute atomic E-state index is 0.0176. The molecular weight excluding hydrogens is 250 g/mol. The van der Waals surface area contributed by atoms with E-state index in [2.05, 4.69) is 10.6 Å². The van der Waals surface area contributed by atoms with Gasteiger partial charge in [-0.3, -0.25) is 9.59 Å². The topological polar surface area (TPSA) is 84.2 Å². The molecule has 0 atom stereocenters. The van der Waals surface area contributed by atoms with Crippen molar-refractivity contribution in [1.29, 1.82) is 0 Å². The van der Waals surface area contributed by atoms with Crippen LogP contribution >= 0.6 is 11.3 Å². The van der Waals surface area contributed by atoms with Gasteiger partial charge in [0.15, 0.2) is 0 Å². The minimum Gasteiger partial charge on any atom is -0.365 e. The Labute approximate surface area is 109 Å². The van der Waals surface area contributed by atoms with Crippen LogP contribution in [0.4, 0.5) is 5.00 Å². The first-order valence-corrected chi connectivity index (χ1v) is 6.94. The Morgan fingerprint density at radius 1 is 1.39 bits per heavy atom. The summed E-state index contributed by atoms with van der Waals surface area (Å²) in [6.45, 7) is 1.60. The average molecular weight is 265 g/mol. The van der Waals surface area contributed by atoms with E-state index < -0.39 is 5.91 Å². The molecule has 1 aromatic heterocycles. The fourth-order valence-electron chi connectivity index (χ4n) is 2.24. The molecule has 18 heavy (non-hydrogen) atoms. The van der Waals surface area contributed by atoms with Gasteiger partial charge in [-0.05, 0) is 31.4 Å². The highest BCUT2D eigenvalue weighted by Gasteiger charge is 2.32. The second-order valence-electron chi connectivity index (χ2n) is 4.76. The molecule has 2 aliphatic rings. The Morgan fingerprint density at radius 3 is 2.83 bits per heavy atom. The van der Waals surface area contributed by atoms with Crippen LogP contribution in [0.3, 0.4) is 0 Å². The minimum atomic E-state index is -0.444. The van der Waals surface area contributed by atoms with Crippen LogP contribution < -0.4 is 16.4 Å². The summed E-state index contributed by atoms with van der Waals surface area (Å²) in [4.78, 5) is 24.5. The molecule has 1 aliphatic carbocycles. The molecule has 5 nitrogen and oxygen atoms in total. The first-order valence-electron chi connectivity index (χ1n) is 6.12. The number of fused-ring (bicyclic) bond motifs is 1. The second kappa shape index (κ2) is 4.37. The molecule has 1 fully saturated rings. The molecule has 96 valence electrons. The van der Waals surface area contributed by atoms with Crippen molar-refractivity contribution in [3.8, 4) is 0 Å². The number of hydrogen-bond donors (Lipinski definition) is 3. The summed E-state index contributed by atoms with van der Waals surface area (Å²) in [5.41, 5.74) is 6.98. The predicted molar refractivity (Wildman–Crippen MR) is 69.6 cm³/mol. The van der Waals surface area contributed by atoms with Gasteiger partial charge in [-0.15, -0.1) is 11.3 Å². The van der Waals surface area contributed by atoms with Gasteiger partial charge in [0, 0.05) is 17.3 Å². The fourth-order valence-corrected chi connectivity index (χ4v) is 3.47. The van der Waals surface area contributed by atoms with Crippen molar-refractivity contribution in [2.75, 3.05) is 11.9 Å². The summed E-state index contributed by atoms with van der Waals surface area (Å²) in [7, 11) is 0. The third-order valence-corrected chi connectivity index (χ3v) is 4.51. The number of carbonyl (C=O) groups is 2. The quantitative estimate of drug-likeness (QED) is 0.757. The zero-order valence-corrected chi connectivity index (χ0v) is 10.7. The van der Waals surface area contributed by atoms with E-state index in [-0.39, 0.29) is 11.8 Å². The Hall–Kier alpha value is -1.40. The smallest absolute Gasteiger partial charge is 0.251 e. The first-order chi connectivity index (χ1) is 8.66. The van der Waals surface area contributed by atoms with Crippen molar-refractivity contribution in [2.45, 2.75) is 25.8 Å². The van der Waals surface area contributed by atoms with E-state index in [9.17, 15) is 9.59 Å². The number of primary amides is 1. The molecule has 1 aliphatic heterocycles. The van der Waals surface area contributed by atoms with Gasteiger partial charge >= 0.3 is 0 Å². The van der Waals surface area contributed by atoms with Crippen molar-refractivity contribution in [3.63, 3.8) is 0 Å². The maximum atomic E-state index is 11.8. The van der Waals surface area contributed by atoms with Gasteiger partial charge in [0.05, 0.1) is 5.56 Å². The number of rotatable bonds is 3. The van der Waals surface area contributed by atoms with E-state index in [0.717, 1.165) is 42.8 Å². The maximum absolute atomic E-state index is 11.8. The number of carbonyl (C=O) groups excluding carboxylic acids is 2. The average Bonchev–Trinajstić information content (AvgIpc) is 3.10. The summed E-state index contributed by atoms with van der Waals surface area (Å²) < 4.78 is 0. The standard InChI is InChI=1S/C12H15N3O2S/c13-10(16)9-7-3-4-14-5-8(7)18-12(9)15-11(17)6-1-2-6/h6,14H,1-5H2,(H2,13,16)(H,15,17).